The van der Waals surface area contributed by atoms with E-state index in [2.05, 4.69) is 10.6 Å². The summed E-state index contributed by atoms with van der Waals surface area (Å²) < 4.78 is 5.21. The van der Waals surface area contributed by atoms with Gasteiger partial charge in [0.1, 0.15) is 5.75 Å². The van der Waals surface area contributed by atoms with Gasteiger partial charge in [-0.15, -0.1) is 0 Å². The van der Waals surface area contributed by atoms with Gasteiger partial charge in [0, 0.05) is 11.4 Å². The first-order valence-corrected chi connectivity index (χ1v) is 6.82. The van der Waals surface area contributed by atoms with Crippen molar-refractivity contribution in [1.82, 2.24) is 0 Å². The number of anilines is 2. The zero-order valence-electron chi connectivity index (χ0n) is 12.5. The third kappa shape index (κ3) is 4.09. The van der Waals surface area contributed by atoms with Crippen molar-refractivity contribution in [2.24, 2.45) is 0 Å². The van der Waals surface area contributed by atoms with Crippen molar-refractivity contribution in [3.05, 3.63) is 53.6 Å². The monoisotopic (exact) mass is 297 g/mol. The van der Waals surface area contributed by atoms with Crippen LogP contribution in [0.4, 0.5) is 16.2 Å². The number of nitrogens with one attached hydrogen (secondary N) is 2. The largest absolute Gasteiger partial charge is 0.485 e. The molecule has 5 nitrogen and oxygen atoms in total. The van der Waals surface area contributed by atoms with E-state index in [-0.39, 0.29) is 12.6 Å². The molecular weight excluding hydrogens is 280 g/mol. The van der Waals surface area contributed by atoms with Gasteiger partial charge >= 0.3 is 6.03 Å². The number of para-hydroxylation sites is 1. The first-order valence-electron chi connectivity index (χ1n) is 6.82. The first-order chi connectivity index (χ1) is 10.6. The molecule has 0 bridgehead atoms. The molecule has 0 heterocycles. The number of rotatable bonds is 5. The van der Waals surface area contributed by atoms with Gasteiger partial charge in [-0.3, -0.25) is 4.79 Å². The van der Waals surface area contributed by atoms with E-state index in [0.29, 0.717) is 11.4 Å². The van der Waals surface area contributed by atoms with Crippen molar-refractivity contribution in [2.45, 2.75) is 13.8 Å². The lowest BCUT2D eigenvalue weighted by molar-refractivity contribution is 0.262. The number of urea groups is 1. The Morgan fingerprint density at radius 2 is 1.86 bits per heavy atom. The SMILES string of the molecule is Cc1ccccc1NC(=O)Nc1ccc(OC[C]=O)c(C)c1. The van der Waals surface area contributed by atoms with Crippen molar-refractivity contribution >= 4 is 23.7 Å². The maximum absolute atomic E-state index is 12.0. The minimum atomic E-state index is -0.316. The Morgan fingerprint density at radius 3 is 2.55 bits per heavy atom. The fourth-order valence-electron chi connectivity index (χ4n) is 1.99. The van der Waals surface area contributed by atoms with Crippen LogP contribution in [0.1, 0.15) is 11.1 Å². The second-order valence-electron chi connectivity index (χ2n) is 4.81. The molecule has 22 heavy (non-hydrogen) atoms. The molecule has 2 aromatic rings. The highest BCUT2D eigenvalue weighted by molar-refractivity contribution is 6.00. The number of ether oxygens (including phenoxy) is 1. The summed E-state index contributed by atoms with van der Waals surface area (Å²) in [6.07, 6.45) is 1.67. The summed E-state index contributed by atoms with van der Waals surface area (Å²) in [5.74, 6) is 0.591. The molecule has 0 aliphatic heterocycles. The fraction of sp³-hybridized carbons (Fsp3) is 0.176. The fourth-order valence-corrected chi connectivity index (χ4v) is 1.99. The number of hydrogen-bond donors (Lipinski definition) is 2. The number of aryl methyl sites for hydroxylation is 2. The van der Waals surface area contributed by atoms with E-state index >= 15 is 0 Å². The third-order valence-electron chi connectivity index (χ3n) is 3.11. The lowest BCUT2D eigenvalue weighted by Crippen LogP contribution is -2.20. The van der Waals surface area contributed by atoms with Gasteiger partial charge in [0.15, 0.2) is 6.61 Å². The van der Waals surface area contributed by atoms with Gasteiger partial charge in [0.05, 0.1) is 0 Å². The van der Waals surface area contributed by atoms with Gasteiger partial charge in [0.25, 0.3) is 0 Å². The predicted molar refractivity (Wildman–Crippen MR) is 86.2 cm³/mol. The summed E-state index contributed by atoms with van der Waals surface area (Å²) in [4.78, 5) is 22.2. The van der Waals surface area contributed by atoms with Crippen LogP contribution in [0.2, 0.25) is 0 Å². The highest BCUT2D eigenvalue weighted by Crippen LogP contribution is 2.22. The molecule has 0 fully saturated rings. The summed E-state index contributed by atoms with van der Waals surface area (Å²) in [6.45, 7) is 3.65. The summed E-state index contributed by atoms with van der Waals surface area (Å²) in [6, 6.07) is 12.4. The predicted octanol–water partition coefficient (Wildman–Crippen LogP) is 3.44. The maximum Gasteiger partial charge on any atom is 0.323 e. The standard InChI is InChI=1S/C17H17N2O3/c1-12-5-3-4-6-15(12)19-17(21)18-14-7-8-16(13(2)11-14)22-10-9-20/h3-8,11H,10H2,1-2H3,(H2,18,19,21). The topological polar surface area (TPSA) is 67.4 Å². The second-order valence-corrected chi connectivity index (χ2v) is 4.81. The molecule has 5 heteroatoms. The van der Waals surface area contributed by atoms with E-state index in [4.69, 9.17) is 4.74 Å². The molecule has 0 spiro atoms. The van der Waals surface area contributed by atoms with Crippen molar-refractivity contribution in [3.8, 4) is 5.75 Å². The van der Waals surface area contributed by atoms with Crippen LogP contribution in [-0.4, -0.2) is 18.9 Å². The van der Waals surface area contributed by atoms with E-state index in [1.165, 1.54) is 0 Å². The minimum Gasteiger partial charge on any atom is -0.485 e. The molecule has 0 aromatic heterocycles. The molecule has 1 radical (unpaired) electrons. The van der Waals surface area contributed by atoms with Crippen LogP contribution in [0.25, 0.3) is 0 Å². The molecule has 2 rings (SSSR count). The molecule has 2 amide bonds. The Labute approximate surface area is 129 Å². The van der Waals surface area contributed by atoms with Crippen LogP contribution in [0, 0.1) is 13.8 Å². The molecule has 113 valence electrons. The number of carbonyl (C=O) groups excluding carboxylic acids is 2. The highest BCUT2D eigenvalue weighted by atomic mass is 16.5. The zero-order valence-corrected chi connectivity index (χ0v) is 12.5. The van der Waals surface area contributed by atoms with Gasteiger partial charge < -0.3 is 15.4 Å². The Bertz CT molecular complexity index is 683. The number of hydrogen-bond acceptors (Lipinski definition) is 3. The molecule has 0 aliphatic carbocycles. The van der Waals surface area contributed by atoms with E-state index < -0.39 is 0 Å². The van der Waals surface area contributed by atoms with Crippen LogP contribution in [0.3, 0.4) is 0 Å². The van der Waals surface area contributed by atoms with Crippen molar-refractivity contribution in [2.75, 3.05) is 17.2 Å². The van der Waals surface area contributed by atoms with Crippen LogP contribution < -0.4 is 15.4 Å². The van der Waals surface area contributed by atoms with E-state index in [1.54, 1.807) is 24.5 Å². The number of amides is 2. The van der Waals surface area contributed by atoms with Gasteiger partial charge in [-0.2, -0.15) is 0 Å². The van der Waals surface area contributed by atoms with Crippen molar-refractivity contribution in [1.29, 1.82) is 0 Å². The van der Waals surface area contributed by atoms with Crippen molar-refractivity contribution < 1.29 is 14.3 Å². The molecule has 0 atom stereocenters. The number of carbonyl (C=O) groups is 1. The Hall–Kier alpha value is -2.82. The van der Waals surface area contributed by atoms with Gasteiger partial charge in [-0.25, -0.2) is 4.79 Å². The summed E-state index contributed by atoms with van der Waals surface area (Å²) in [5, 5.41) is 5.55. The first kappa shape index (κ1) is 15.6. The molecule has 2 aromatic carbocycles. The van der Waals surface area contributed by atoms with Crippen molar-refractivity contribution in [3.63, 3.8) is 0 Å². The molecule has 0 aliphatic rings. The average Bonchev–Trinajstić information content (AvgIpc) is 2.49. The third-order valence-corrected chi connectivity index (χ3v) is 3.11. The van der Waals surface area contributed by atoms with E-state index in [0.717, 1.165) is 16.8 Å². The van der Waals surface area contributed by atoms with Gasteiger partial charge in [-0.1, -0.05) is 18.2 Å². The Morgan fingerprint density at radius 1 is 1.09 bits per heavy atom. The smallest absolute Gasteiger partial charge is 0.323 e. The van der Waals surface area contributed by atoms with Gasteiger partial charge in [0.2, 0.25) is 6.29 Å². The summed E-state index contributed by atoms with van der Waals surface area (Å²) in [7, 11) is 0. The minimum absolute atomic E-state index is 0.110. The maximum atomic E-state index is 12.0. The lowest BCUT2D eigenvalue weighted by Gasteiger charge is -2.11. The van der Waals surface area contributed by atoms with Gasteiger partial charge in [-0.05, 0) is 49.2 Å². The molecule has 0 unspecified atom stereocenters. The molecule has 0 saturated heterocycles. The number of benzene rings is 2. The normalized spacial score (nSPS) is 9.91. The second kappa shape index (κ2) is 7.26. The summed E-state index contributed by atoms with van der Waals surface area (Å²) >= 11 is 0. The Kier molecular flexibility index (Phi) is 5.14. The van der Waals surface area contributed by atoms with E-state index in [1.807, 2.05) is 38.1 Å². The lowest BCUT2D eigenvalue weighted by atomic mass is 10.2. The highest BCUT2D eigenvalue weighted by Gasteiger charge is 2.06. The molecule has 2 N–H and O–H groups in total. The van der Waals surface area contributed by atoms with Crippen LogP contribution in [0.15, 0.2) is 42.5 Å². The zero-order chi connectivity index (χ0) is 15.9. The van der Waals surface area contributed by atoms with Crippen LogP contribution in [-0.2, 0) is 4.79 Å². The average molecular weight is 297 g/mol. The molecule has 0 saturated carbocycles. The van der Waals surface area contributed by atoms with E-state index in [9.17, 15) is 9.59 Å². The summed E-state index contributed by atoms with van der Waals surface area (Å²) in [5.41, 5.74) is 3.22. The molecular formula is C17H17N2O3. The van der Waals surface area contributed by atoms with Crippen LogP contribution >= 0.6 is 0 Å². The Balaban J connectivity index is 2.01. The van der Waals surface area contributed by atoms with Crippen LogP contribution in [0.5, 0.6) is 5.75 Å². The quantitative estimate of drug-likeness (QED) is 0.888.